The van der Waals surface area contributed by atoms with E-state index in [0.717, 1.165) is 66.2 Å². The summed E-state index contributed by atoms with van der Waals surface area (Å²) in [5.41, 5.74) is 3.80. The van der Waals surface area contributed by atoms with E-state index in [1.165, 1.54) is 11.1 Å². The van der Waals surface area contributed by atoms with E-state index in [4.69, 9.17) is 9.47 Å². The zero-order valence-corrected chi connectivity index (χ0v) is 27.7. The van der Waals surface area contributed by atoms with Crippen LogP contribution in [0.2, 0.25) is 0 Å². The van der Waals surface area contributed by atoms with Gasteiger partial charge in [0.15, 0.2) is 5.82 Å². The van der Waals surface area contributed by atoms with Crippen molar-refractivity contribution in [3.05, 3.63) is 100 Å². The van der Waals surface area contributed by atoms with Gasteiger partial charge in [0.05, 0.1) is 13.7 Å². The van der Waals surface area contributed by atoms with E-state index in [2.05, 4.69) is 65.7 Å². The van der Waals surface area contributed by atoms with Crippen molar-refractivity contribution in [2.75, 3.05) is 26.7 Å². The Labute approximate surface area is 269 Å². The normalized spacial score (nSPS) is 14.4. The molecule has 1 aliphatic rings. The van der Waals surface area contributed by atoms with Crippen molar-refractivity contribution in [3.63, 3.8) is 0 Å². The summed E-state index contributed by atoms with van der Waals surface area (Å²) in [5.74, 6) is 1.67. The maximum atomic E-state index is 13.2. The molecule has 0 unspecified atom stereocenters. The number of hydrogen-bond donors (Lipinski definition) is 0. The number of piperidine rings is 1. The number of pyridine rings is 1. The first kappa shape index (κ1) is 31.7. The molecule has 0 aliphatic carbocycles. The van der Waals surface area contributed by atoms with Crippen molar-refractivity contribution in [2.45, 2.75) is 64.8 Å². The lowest BCUT2D eigenvalue weighted by Crippen LogP contribution is -2.49. The minimum Gasteiger partial charge on any atom is -0.496 e. The molecule has 9 heteroatoms. The fraction of sp³-hybridized carbons (Fsp3) is 0.400. The number of rotatable bonds is 10. The maximum absolute atomic E-state index is 13.2. The molecule has 1 saturated heterocycles. The Bertz CT molecular complexity index is 1530. The van der Waals surface area contributed by atoms with Crippen LogP contribution in [0.4, 0.5) is 4.79 Å². The highest BCUT2D eigenvalue weighted by Crippen LogP contribution is 2.27. The van der Waals surface area contributed by atoms with Gasteiger partial charge in [-0.05, 0) is 69.4 Å². The molecule has 44 heavy (non-hydrogen) atoms. The SMILES string of the molecule is COc1cc(CN2CCC(N(CCc3ccccc3)C(=O)OC(C)(C)C)CC2)ccc1Cn1ccnc1-c1cc(Br)ccn1. The molecule has 0 atom stereocenters. The van der Waals surface area contributed by atoms with Gasteiger partial charge in [0.2, 0.25) is 0 Å². The second-order valence-corrected chi connectivity index (χ2v) is 13.2. The van der Waals surface area contributed by atoms with Gasteiger partial charge in [-0.25, -0.2) is 9.78 Å². The average Bonchev–Trinajstić information content (AvgIpc) is 3.47. The third kappa shape index (κ3) is 8.48. The molecule has 2 aromatic carbocycles. The lowest BCUT2D eigenvalue weighted by molar-refractivity contribution is 0.00807. The zero-order chi connectivity index (χ0) is 31.1. The fourth-order valence-corrected chi connectivity index (χ4v) is 6.02. The maximum Gasteiger partial charge on any atom is 0.410 e. The molecule has 0 bridgehead atoms. The molecule has 0 N–H and O–H groups in total. The van der Waals surface area contributed by atoms with Crippen LogP contribution in [0.5, 0.6) is 5.75 Å². The summed E-state index contributed by atoms with van der Waals surface area (Å²) in [4.78, 5) is 26.7. The number of hydrogen-bond acceptors (Lipinski definition) is 6. The lowest BCUT2D eigenvalue weighted by atomic mass is 10.0. The molecule has 1 amide bonds. The van der Waals surface area contributed by atoms with Crippen LogP contribution in [0.25, 0.3) is 11.5 Å². The molecular formula is C35H42BrN5O3. The second-order valence-electron chi connectivity index (χ2n) is 12.3. The number of aromatic nitrogens is 3. The molecule has 0 radical (unpaired) electrons. The Morgan fingerprint density at radius 3 is 2.45 bits per heavy atom. The molecule has 1 fully saturated rings. The summed E-state index contributed by atoms with van der Waals surface area (Å²) < 4.78 is 14.7. The molecule has 8 nitrogen and oxygen atoms in total. The van der Waals surface area contributed by atoms with E-state index in [9.17, 15) is 4.79 Å². The quantitative estimate of drug-likeness (QED) is 0.179. The molecule has 4 aromatic rings. The fourth-order valence-electron chi connectivity index (χ4n) is 5.68. The number of amides is 1. The summed E-state index contributed by atoms with van der Waals surface area (Å²) in [6, 6.07) is 20.8. The minimum absolute atomic E-state index is 0.158. The summed E-state index contributed by atoms with van der Waals surface area (Å²) in [7, 11) is 1.72. The first-order valence-electron chi connectivity index (χ1n) is 15.2. The number of carbonyl (C=O) groups is 1. The van der Waals surface area contributed by atoms with Crippen molar-refractivity contribution < 1.29 is 14.3 Å². The van der Waals surface area contributed by atoms with Crippen molar-refractivity contribution in [1.29, 1.82) is 0 Å². The van der Waals surface area contributed by atoms with E-state index in [1.807, 2.05) is 62.2 Å². The van der Waals surface area contributed by atoms with Crippen LogP contribution in [0.1, 0.15) is 50.3 Å². The zero-order valence-electron chi connectivity index (χ0n) is 26.1. The van der Waals surface area contributed by atoms with Crippen LogP contribution >= 0.6 is 15.9 Å². The molecule has 232 valence electrons. The standard InChI is InChI=1S/C35H42BrN5O3/c1-35(2,3)44-34(42)41(20-13-26-8-6-5-7-9-26)30-14-18-39(19-15-30)24-27-10-11-28(32(22-27)43-4)25-40-21-17-38-33(40)31-23-29(36)12-16-37-31/h5-12,16-17,21-23,30H,13-15,18-20,24-25H2,1-4H3. The van der Waals surface area contributed by atoms with Crippen LogP contribution in [0.15, 0.2) is 83.7 Å². The summed E-state index contributed by atoms with van der Waals surface area (Å²) in [6.07, 6.45) is 7.96. The molecule has 5 rings (SSSR count). The van der Waals surface area contributed by atoms with E-state index >= 15 is 0 Å². The predicted octanol–water partition coefficient (Wildman–Crippen LogP) is 7.21. The molecule has 1 aliphatic heterocycles. The second kappa shape index (κ2) is 14.4. The number of nitrogens with zero attached hydrogens (tertiary/aromatic N) is 5. The lowest BCUT2D eigenvalue weighted by Gasteiger charge is -2.39. The third-order valence-electron chi connectivity index (χ3n) is 7.88. The number of imidazole rings is 1. The van der Waals surface area contributed by atoms with Gasteiger partial charge >= 0.3 is 6.09 Å². The van der Waals surface area contributed by atoms with Crippen LogP contribution < -0.4 is 4.74 Å². The highest BCUT2D eigenvalue weighted by molar-refractivity contribution is 9.10. The van der Waals surface area contributed by atoms with Crippen LogP contribution in [0, 0.1) is 0 Å². The Morgan fingerprint density at radius 2 is 1.75 bits per heavy atom. The molecule has 3 heterocycles. The van der Waals surface area contributed by atoms with Gasteiger partial charge in [-0.15, -0.1) is 0 Å². The van der Waals surface area contributed by atoms with E-state index < -0.39 is 5.60 Å². The van der Waals surface area contributed by atoms with Gasteiger partial charge in [0, 0.05) is 60.8 Å². The molecule has 0 spiro atoms. The summed E-state index contributed by atoms with van der Waals surface area (Å²) in [6.45, 7) is 9.72. The molecule has 0 saturated carbocycles. The van der Waals surface area contributed by atoms with Crippen LogP contribution in [-0.4, -0.2) is 68.8 Å². The average molecular weight is 661 g/mol. The summed E-state index contributed by atoms with van der Waals surface area (Å²) in [5, 5.41) is 0. The highest BCUT2D eigenvalue weighted by Gasteiger charge is 2.31. The molecular weight excluding hydrogens is 618 g/mol. The van der Waals surface area contributed by atoms with Gasteiger partial charge in [-0.1, -0.05) is 58.4 Å². The van der Waals surface area contributed by atoms with Gasteiger partial charge in [0.1, 0.15) is 17.0 Å². The summed E-state index contributed by atoms with van der Waals surface area (Å²) >= 11 is 3.53. The Balaban J connectivity index is 1.21. The minimum atomic E-state index is -0.525. The predicted molar refractivity (Wildman–Crippen MR) is 177 cm³/mol. The van der Waals surface area contributed by atoms with Gasteiger partial charge in [0.25, 0.3) is 0 Å². The topological polar surface area (TPSA) is 72.7 Å². The monoisotopic (exact) mass is 659 g/mol. The van der Waals surface area contributed by atoms with E-state index in [1.54, 1.807) is 19.5 Å². The van der Waals surface area contributed by atoms with Crippen LogP contribution in [0.3, 0.4) is 0 Å². The smallest absolute Gasteiger partial charge is 0.410 e. The third-order valence-corrected chi connectivity index (χ3v) is 8.37. The number of likely N-dealkylation sites (tertiary alicyclic amines) is 1. The van der Waals surface area contributed by atoms with Crippen molar-refractivity contribution in [3.8, 4) is 17.3 Å². The Hall–Kier alpha value is -3.69. The van der Waals surface area contributed by atoms with E-state index in [-0.39, 0.29) is 12.1 Å². The van der Waals surface area contributed by atoms with Gasteiger partial charge in [-0.3, -0.25) is 9.88 Å². The Kier molecular flexibility index (Phi) is 10.4. The molecule has 2 aromatic heterocycles. The number of methoxy groups -OCH3 is 1. The van der Waals surface area contributed by atoms with E-state index in [0.29, 0.717) is 13.1 Å². The number of benzene rings is 2. The Morgan fingerprint density at radius 1 is 0.977 bits per heavy atom. The van der Waals surface area contributed by atoms with Crippen molar-refractivity contribution in [1.82, 2.24) is 24.3 Å². The van der Waals surface area contributed by atoms with Crippen molar-refractivity contribution >= 4 is 22.0 Å². The largest absolute Gasteiger partial charge is 0.496 e. The van der Waals surface area contributed by atoms with Gasteiger partial charge < -0.3 is 18.9 Å². The first-order valence-corrected chi connectivity index (χ1v) is 16.0. The number of ether oxygens (including phenoxy) is 2. The van der Waals surface area contributed by atoms with Crippen LogP contribution in [-0.2, 0) is 24.2 Å². The van der Waals surface area contributed by atoms with Crippen molar-refractivity contribution in [2.24, 2.45) is 0 Å². The first-order chi connectivity index (χ1) is 21.2. The van der Waals surface area contributed by atoms with Gasteiger partial charge in [-0.2, -0.15) is 0 Å². The highest BCUT2D eigenvalue weighted by atomic mass is 79.9. The number of carbonyl (C=O) groups excluding carboxylic acids is 1. The number of halogens is 1.